The maximum Gasteiger partial charge on any atom is 0.242 e. The van der Waals surface area contributed by atoms with E-state index in [1.807, 2.05) is 39.5 Å². The van der Waals surface area contributed by atoms with Crippen LogP contribution in [0.5, 0.6) is 0 Å². The van der Waals surface area contributed by atoms with E-state index in [2.05, 4.69) is 0 Å². The highest BCUT2D eigenvalue weighted by atomic mass is 16.7. The lowest BCUT2D eigenvalue weighted by Gasteiger charge is -2.34. The lowest BCUT2D eigenvalue weighted by atomic mass is 9.89. The maximum atomic E-state index is 13.0. The highest BCUT2D eigenvalue weighted by Gasteiger charge is 2.28. The van der Waals surface area contributed by atoms with Crippen molar-refractivity contribution in [3.8, 4) is 0 Å². The predicted molar refractivity (Wildman–Crippen MR) is 104 cm³/mol. The second-order valence-electron chi connectivity index (χ2n) is 8.12. The molecule has 1 saturated carbocycles. The molecule has 1 rings (SSSR count). The SMILES string of the molecule is CCOC(CN(CC1CCCCC1)C(=O)[C@@H](N)COC(C)(C)C)OCC. The van der Waals surface area contributed by atoms with Gasteiger partial charge in [0.1, 0.15) is 6.04 Å². The molecule has 1 atom stereocenters. The molecule has 0 aromatic rings. The van der Waals surface area contributed by atoms with Gasteiger partial charge in [0, 0.05) is 19.8 Å². The molecule has 0 spiro atoms. The number of rotatable bonds is 11. The van der Waals surface area contributed by atoms with E-state index in [1.165, 1.54) is 32.1 Å². The van der Waals surface area contributed by atoms with Gasteiger partial charge in [-0.1, -0.05) is 19.3 Å². The number of hydrogen-bond donors (Lipinski definition) is 1. The Morgan fingerprint density at radius 1 is 1.12 bits per heavy atom. The van der Waals surface area contributed by atoms with E-state index in [-0.39, 0.29) is 18.1 Å². The second kappa shape index (κ2) is 11.9. The molecular formula is C20H40N2O4. The number of nitrogens with two attached hydrogens (primary N) is 1. The van der Waals surface area contributed by atoms with Crippen LogP contribution in [-0.4, -0.2) is 61.7 Å². The summed E-state index contributed by atoms with van der Waals surface area (Å²) in [5, 5.41) is 0. The van der Waals surface area contributed by atoms with E-state index in [9.17, 15) is 4.79 Å². The van der Waals surface area contributed by atoms with Crippen molar-refractivity contribution >= 4 is 5.91 Å². The first-order chi connectivity index (χ1) is 12.3. The number of nitrogens with zero attached hydrogens (tertiary/aromatic N) is 1. The number of carbonyl (C=O) groups excluding carboxylic acids is 1. The molecule has 0 aliphatic heterocycles. The van der Waals surface area contributed by atoms with Crippen LogP contribution < -0.4 is 5.73 Å². The van der Waals surface area contributed by atoms with Crippen molar-refractivity contribution in [2.24, 2.45) is 11.7 Å². The molecule has 0 aromatic carbocycles. The van der Waals surface area contributed by atoms with Crippen molar-refractivity contribution < 1.29 is 19.0 Å². The smallest absolute Gasteiger partial charge is 0.242 e. The van der Waals surface area contributed by atoms with E-state index in [1.54, 1.807) is 0 Å². The molecule has 0 bridgehead atoms. The molecule has 1 aliphatic rings. The van der Waals surface area contributed by atoms with Crippen molar-refractivity contribution in [2.75, 3.05) is 32.9 Å². The molecule has 0 radical (unpaired) electrons. The Morgan fingerprint density at radius 3 is 2.19 bits per heavy atom. The summed E-state index contributed by atoms with van der Waals surface area (Å²) in [6.45, 7) is 12.2. The Hall–Kier alpha value is -0.690. The van der Waals surface area contributed by atoms with E-state index in [0.717, 1.165) is 6.54 Å². The normalized spacial score (nSPS) is 17.5. The van der Waals surface area contributed by atoms with Gasteiger partial charge < -0.3 is 24.8 Å². The Kier molecular flexibility index (Phi) is 10.7. The van der Waals surface area contributed by atoms with Crippen LogP contribution >= 0.6 is 0 Å². The number of ether oxygens (including phenoxy) is 3. The summed E-state index contributed by atoms with van der Waals surface area (Å²) in [6.07, 6.45) is 5.72. The zero-order chi connectivity index (χ0) is 19.6. The number of hydrogen-bond acceptors (Lipinski definition) is 5. The van der Waals surface area contributed by atoms with Crippen molar-refractivity contribution in [1.82, 2.24) is 4.90 Å². The fourth-order valence-corrected chi connectivity index (χ4v) is 3.29. The molecule has 0 aromatic heterocycles. The van der Waals surface area contributed by atoms with Crippen LogP contribution in [-0.2, 0) is 19.0 Å². The van der Waals surface area contributed by atoms with Gasteiger partial charge in [-0.3, -0.25) is 4.79 Å². The Balaban J connectivity index is 2.74. The van der Waals surface area contributed by atoms with Crippen LogP contribution in [0.15, 0.2) is 0 Å². The lowest BCUT2D eigenvalue weighted by molar-refractivity contribution is -0.162. The molecule has 154 valence electrons. The standard InChI is InChI=1S/C20H40N2O4/c1-6-24-18(25-7-2)14-22(13-16-11-9-8-10-12-16)19(23)17(21)15-26-20(3,4)5/h16-18H,6-15,21H2,1-5H3/t17-/m0/s1. The highest BCUT2D eigenvalue weighted by Crippen LogP contribution is 2.25. The molecule has 2 N–H and O–H groups in total. The summed E-state index contributed by atoms with van der Waals surface area (Å²) in [5.74, 6) is 0.455. The molecule has 6 nitrogen and oxygen atoms in total. The zero-order valence-corrected chi connectivity index (χ0v) is 17.5. The van der Waals surface area contributed by atoms with Gasteiger partial charge in [0.25, 0.3) is 0 Å². The number of carbonyl (C=O) groups is 1. The van der Waals surface area contributed by atoms with Gasteiger partial charge in [-0.15, -0.1) is 0 Å². The molecule has 1 fully saturated rings. The predicted octanol–water partition coefficient (Wildman–Crippen LogP) is 2.94. The third kappa shape index (κ3) is 9.31. The molecule has 6 heteroatoms. The van der Waals surface area contributed by atoms with Crippen LogP contribution in [0.3, 0.4) is 0 Å². The van der Waals surface area contributed by atoms with Gasteiger partial charge in [-0.05, 0) is 53.4 Å². The molecule has 0 saturated heterocycles. The molecule has 0 unspecified atom stereocenters. The molecule has 26 heavy (non-hydrogen) atoms. The second-order valence-corrected chi connectivity index (χ2v) is 8.12. The first-order valence-electron chi connectivity index (χ1n) is 10.2. The fraction of sp³-hybridized carbons (Fsp3) is 0.950. The Bertz CT molecular complexity index is 386. The van der Waals surface area contributed by atoms with Gasteiger partial charge in [0.05, 0.1) is 18.8 Å². The maximum absolute atomic E-state index is 13.0. The minimum Gasteiger partial charge on any atom is -0.374 e. The topological polar surface area (TPSA) is 74.0 Å². The Labute approximate surface area is 159 Å². The summed E-state index contributed by atoms with van der Waals surface area (Å²) in [6, 6.07) is -0.665. The van der Waals surface area contributed by atoms with Crippen LogP contribution in [0, 0.1) is 5.92 Å². The summed E-state index contributed by atoms with van der Waals surface area (Å²) in [7, 11) is 0. The van der Waals surface area contributed by atoms with Gasteiger partial charge in [-0.25, -0.2) is 0 Å². The van der Waals surface area contributed by atoms with Crippen LogP contribution in [0.2, 0.25) is 0 Å². The van der Waals surface area contributed by atoms with Crippen LogP contribution in [0.25, 0.3) is 0 Å². The van der Waals surface area contributed by atoms with E-state index < -0.39 is 12.3 Å². The van der Waals surface area contributed by atoms with Gasteiger partial charge >= 0.3 is 0 Å². The number of amides is 1. The van der Waals surface area contributed by atoms with Crippen molar-refractivity contribution in [1.29, 1.82) is 0 Å². The minimum atomic E-state index is -0.665. The average Bonchev–Trinajstić information content (AvgIpc) is 2.59. The van der Waals surface area contributed by atoms with Gasteiger partial charge in [-0.2, -0.15) is 0 Å². The zero-order valence-electron chi connectivity index (χ0n) is 17.5. The van der Waals surface area contributed by atoms with Crippen molar-refractivity contribution in [3.63, 3.8) is 0 Å². The molecule has 0 heterocycles. The van der Waals surface area contributed by atoms with Crippen molar-refractivity contribution in [3.05, 3.63) is 0 Å². The minimum absolute atomic E-state index is 0.0794. The molecular weight excluding hydrogens is 332 g/mol. The van der Waals surface area contributed by atoms with E-state index in [0.29, 0.717) is 25.7 Å². The summed E-state index contributed by atoms with van der Waals surface area (Å²) < 4.78 is 17.0. The fourth-order valence-electron chi connectivity index (χ4n) is 3.29. The summed E-state index contributed by atoms with van der Waals surface area (Å²) >= 11 is 0. The summed E-state index contributed by atoms with van der Waals surface area (Å²) in [5.41, 5.74) is 5.84. The van der Waals surface area contributed by atoms with Crippen LogP contribution in [0.4, 0.5) is 0 Å². The van der Waals surface area contributed by atoms with Crippen LogP contribution in [0.1, 0.15) is 66.7 Å². The third-order valence-electron chi connectivity index (χ3n) is 4.60. The third-order valence-corrected chi connectivity index (χ3v) is 4.60. The largest absolute Gasteiger partial charge is 0.374 e. The van der Waals surface area contributed by atoms with Gasteiger partial charge in [0.15, 0.2) is 6.29 Å². The molecule has 1 aliphatic carbocycles. The van der Waals surface area contributed by atoms with Crippen molar-refractivity contribution in [2.45, 2.75) is 84.7 Å². The first kappa shape index (κ1) is 23.3. The first-order valence-corrected chi connectivity index (χ1v) is 10.2. The quantitative estimate of drug-likeness (QED) is 0.565. The lowest BCUT2D eigenvalue weighted by Crippen LogP contribution is -2.51. The molecule has 1 amide bonds. The summed E-state index contributed by atoms with van der Waals surface area (Å²) in [4.78, 5) is 14.8. The monoisotopic (exact) mass is 372 g/mol. The van der Waals surface area contributed by atoms with Gasteiger partial charge in [0.2, 0.25) is 5.91 Å². The average molecular weight is 373 g/mol. The highest BCUT2D eigenvalue weighted by molar-refractivity contribution is 5.81. The Morgan fingerprint density at radius 2 is 1.69 bits per heavy atom. The van der Waals surface area contributed by atoms with E-state index >= 15 is 0 Å². The van der Waals surface area contributed by atoms with E-state index in [4.69, 9.17) is 19.9 Å².